The standard InChI is InChI=1S/C21H25N3O2/c25-21(20-19-4-2-1-3-17(19)9-14-26-20)23-15-16-7-12-24(13-8-16)18-5-10-22-11-6-18/h1-6,10-11,16,20H,7-9,12-15H2,(H,23,25)/t20-/m1/s1. The van der Waals surface area contributed by atoms with Crippen molar-refractivity contribution in [1.29, 1.82) is 0 Å². The van der Waals surface area contributed by atoms with Gasteiger partial charge in [0.05, 0.1) is 6.61 Å². The minimum Gasteiger partial charge on any atom is -0.371 e. The van der Waals surface area contributed by atoms with Gasteiger partial charge in [-0.25, -0.2) is 0 Å². The van der Waals surface area contributed by atoms with Crippen LogP contribution in [0.25, 0.3) is 0 Å². The molecule has 5 heteroatoms. The number of rotatable bonds is 4. The number of pyridine rings is 1. The summed E-state index contributed by atoms with van der Waals surface area (Å²) in [6, 6.07) is 12.2. The Bertz CT molecular complexity index is 742. The van der Waals surface area contributed by atoms with Crippen LogP contribution in [0.4, 0.5) is 5.69 Å². The van der Waals surface area contributed by atoms with Gasteiger partial charge in [0.15, 0.2) is 6.10 Å². The highest BCUT2D eigenvalue weighted by atomic mass is 16.5. The van der Waals surface area contributed by atoms with Gasteiger partial charge in [0.25, 0.3) is 5.91 Å². The second kappa shape index (κ2) is 7.87. The molecule has 0 saturated carbocycles. The molecule has 1 N–H and O–H groups in total. The second-order valence-electron chi connectivity index (χ2n) is 7.08. The van der Waals surface area contributed by atoms with Crippen molar-refractivity contribution in [3.63, 3.8) is 0 Å². The van der Waals surface area contributed by atoms with Crippen molar-refractivity contribution in [1.82, 2.24) is 10.3 Å². The minimum absolute atomic E-state index is 0.00582. The zero-order chi connectivity index (χ0) is 17.8. The van der Waals surface area contributed by atoms with Crippen LogP contribution in [-0.4, -0.2) is 37.1 Å². The summed E-state index contributed by atoms with van der Waals surface area (Å²) >= 11 is 0. The summed E-state index contributed by atoms with van der Waals surface area (Å²) in [5, 5.41) is 3.13. The van der Waals surface area contributed by atoms with E-state index in [1.54, 1.807) is 0 Å². The number of nitrogens with one attached hydrogen (secondary N) is 1. The first-order valence-corrected chi connectivity index (χ1v) is 9.43. The molecule has 1 aromatic carbocycles. The van der Waals surface area contributed by atoms with Crippen molar-refractivity contribution in [2.24, 2.45) is 5.92 Å². The van der Waals surface area contributed by atoms with Gasteiger partial charge in [-0.2, -0.15) is 0 Å². The Hall–Kier alpha value is -2.40. The van der Waals surface area contributed by atoms with Crippen molar-refractivity contribution in [3.8, 4) is 0 Å². The van der Waals surface area contributed by atoms with E-state index in [2.05, 4.69) is 33.4 Å². The topological polar surface area (TPSA) is 54.5 Å². The van der Waals surface area contributed by atoms with E-state index >= 15 is 0 Å². The molecule has 1 atom stereocenters. The second-order valence-corrected chi connectivity index (χ2v) is 7.08. The Kier molecular flexibility index (Phi) is 5.16. The molecular weight excluding hydrogens is 326 g/mol. The fourth-order valence-electron chi connectivity index (χ4n) is 3.90. The summed E-state index contributed by atoms with van der Waals surface area (Å²) in [7, 11) is 0. The molecule has 1 fully saturated rings. The zero-order valence-electron chi connectivity index (χ0n) is 14.9. The third kappa shape index (κ3) is 3.73. The first-order chi connectivity index (χ1) is 12.8. The molecule has 1 aromatic heterocycles. The highest BCUT2D eigenvalue weighted by molar-refractivity contribution is 5.82. The molecule has 0 spiro atoms. The third-order valence-electron chi connectivity index (χ3n) is 5.44. The van der Waals surface area contributed by atoms with Crippen LogP contribution in [-0.2, 0) is 16.0 Å². The maximum Gasteiger partial charge on any atom is 0.253 e. The number of aromatic nitrogens is 1. The lowest BCUT2D eigenvalue weighted by Gasteiger charge is -2.34. The molecule has 2 aliphatic rings. The van der Waals surface area contributed by atoms with Gasteiger partial charge in [0.1, 0.15) is 0 Å². The van der Waals surface area contributed by atoms with Crippen LogP contribution < -0.4 is 10.2 Å². The number of carbonyl (C=O) groups excluding carboxylic acids is 1. The predicted molar refractivity (Wildman–Crippen MR) is 101 cm³/mol. The molecule has 1 amide bonds. The maximum atomic E-state index is 12.6. The number of amides is 1. The van der Waals surface area contributed by atoms with E-state index < -0.39 is 6.10 Å². The largest absolute Gasteiger partial charge is 0.371 e. The van der Waals surface area contributed by atoms with Gasteiger partial charge >= 0.3 is 0 Å². The van der Waals surface area contributed by atoms with Gasteiger partial charge in [-0.3, -0.25) is 9.78 Å². The molecule has 0 aliphatic carbocycles. The summed E-state index contributed by atoms with van der Waals surface area (Å²) in [5.41, 5.74) is 3.48. The van der Waals surface area contributed by atoms with E-state index in [4.69, 9.17) is 4.74 Å². The quantitative estimate of drug-likeness (QED) is 0.920. The fourth-order valence-corrected chi connectivity index (χ4v) is 3.90. The highest BCUT2D eigenvalue weighted by Crippen LogP contribution is 2.27. The number of carbonyl (C=O) groups is 1. The molecular formula is C21H25N3O2. The lowest BCUT2D eigenvalue weighted by atomic mass is 9.95. The SMILES string of the molecule is O=C(NCC1CCN(c2ccncc2)CC1)[C@@H]1OCCc2ccccc21. The maximum absolute atomic E-state index is 12.6. The summed E-state index contributed by atoms with van der Waals surface area (Å²) in [5.74, 6) is 0.518. The minimum atomic E-state index is -0.461. The van der Waals surface area contributed by atoms with Gasteiger partial charge < -0.3 is 15.0 Å². The highest BCUT2D eigenvalue weighted by Gasteiger charge is 2.28. The van der Waals surface area contributed by atoms with Crippen molar-refractivity contribution < 1.29 is 9.53 Å². The summed E-state index contributed by atoms with van der Waals surface area (Å²) in [4.78, 5) is 19.1. The molecule has 5 nitrogen and oxygen atoms in total. The average Bonchev–Trinajstić information content (AvgIpc) is 2.72. The molecule has 1 saturated heterocycles. The molecule has 2 aliphatic heterocycles. The monoisotopic (exact) mass is 351 g/mol. The van der Waals surface area contributed by atoms with Crippen LogP contribution in [0, 0.1) is 5.92 Å². The molecule has 0 bridgehead atoms. The Labute approximate surface area is 154 Å². The van der Waals surface area contributed by atoms with Gasteiger partial charge in [0.2, 0.25) is 0 Å². The van der Waals surface area contributed by atoms with Crippen LogP contribution >= 0.6 is 0 Å². The normalized spacial score (nSPS) is 20.5. The average molecular weight is 351 g/mol. The van der Waals surface area contributed by atoms with E-state index in [9.17, 15) is 4.79 Å². The number of ether oxygens (including phenoxy) is 1. The molecule has 0 unspecified atom stereocenters. The van der Waals surface area contributed by atoms with Gasteiger partial charge in [0, 0.05) is 37.7 Å². The summed E-state index contributed by atoms with van der Waals surface area (Å²) in [6.07, 6.45) is 6.27. The van der Waals surface area contributed by atoms with Crippen molar-refractivity contribution in [3.05, 3.63) is 59.9 Å². The zero-order valence-corrected chi connectivity index (χ0v) is 14.9. The lowest BCUT2D eigenvalue weighted by molar-refractivity contribution is -0.134. The van der Waals surface area contributed by atoms with E-state index in [1.165, 1.54) is 11.3 Å². The smallest absolute Gasteiger partial charge is 0.253 e. The fraction of sp³-hybridized carbons (Fsp3) is 0.429. The Morgan fingerprint density at radius 1 is 1.15 bits per heavy atom. The molecule has 4 rings (SSSR count). The van der Waals surface area contributed by atoms with E-state index in [-0.39, 0.29) is 5.91 Å². The number of hydrogen-bond acceptors (Lipinski definition) is 4. The van der Waals surface area contributed by atoms with Crippen molar-refractivity contribution in [2.75, 3.05) is 31.1 Å². The van der Waals surface area contributed by atoms with Crippen LogP contribution in [0.1, 0.15) is 30.1 Å². The first-order valence-electron chi connectivity index (χ1n) is 9.43. The summed E-state index contributed by atoms with van der Waals surface area (Å²) in [6.45, 7) is 3.38. The molecule has 0 radical (unpaired) electrons. The lowest BCUT2D eigenvalue weighted by Crippen LogP contribution is -2.40. The number of nitrogens with zero attached hydrogens (tertiary/aromatic N) is 2. The first kappa shape index (κ1) is 17.0. The van der Waals surface area contributed by atoms with E-state index in [0.717, 1.165) is 44.5 Å². The van der Waals surface area contributed by atoms with Gasteiger partial charge in [-0.1, -0.05) is 24.3 Å². The molecule has 26 heavy (non-hydrogen) atoms. The number of anilines is 1. The van der Waals surface area contributed by atoms with E-state index in [1.807, 2.05) is 30.6 Å². The Morgan fingerprint density at radius 3 is 2.73 bits per heavy atom. The van der Waals surface area contributed by atoms with Gasteiger partial charge in [-0.15, -0.1) is 0 Å². The molecule has 136 valence electrons. The van der Waals surface area contributed by atoms with Gasteiger partial charge in [-0.05, 0) is 48.4 Å². The number of fused-ring (bicyclic) bond motifs is 1. The summed E-state index contributed by atoms with van der Waals surface area (Å²) < 4.78 is 5.75. The number of benzene rings is 1. The van der Waals surface area contributed by atoms with Crippen molar-refractivity contribution >= 4 is 11.6 Å². The van der Waals surface area contributed by atoms with Crippen LogP contribution in [0.5, 0.6) is 0 Å². The Morgan fingerprint density at radius 2 is 1.92 bits per heavy atom. The van der Waals surface area contributed by atoms with Crippen LogP contribution in [0.3, 0.4) is 0 Å². The Balaban J connectivity index is 1.28. The van der Waals surface area contributed by atoms with Crippen LogP contribution in [0.2, 0.25) is 0 Å². The van der Waals surface area contributed by atoms with E-state index in [0.29, 0.717) is 12.5 Å². The molecule has 3 heterocycles. The predicted octanol–water partition coefficient (Wildman–Crippen LogP) is 2.73. The van der Waals surface area contributed by atoms with Crippen LogP contribution in [0.15, 0.2) is 48.8 Å². The number of piperidine rings is 1. The number of hydrogen-bond donors (Lipinski definition) is 1. The third-order valence-corrected chi connectivity index (χ3v) is 5.44. The van der Waals surface area contributed by atoms with Crippen molar-refractivity contribution in [2.45, 2.75) is 25.4 Å². The molecule has 2 aromatic rings.